The molecule has 0 unspecified atom stereocenters. The first kappa shape index (κ1) is 13.5. The van der Waals surface area contributed by atoms with Crippen molar-refractivity contribution < 1.29 is 4.21 Å². The third-order valence-corrected chi connectivity index (χ3v) is 3.79. The molecule has 0 aliphatic rings. The molecule has 1 heterocycles. The summed E-state index contributed by atoms with van der Waals surface area (Å²) < 4.78 is 16.6. The summed E-state index contributed by atoms with van der Waals surface area (Å²) in [5, 5.41) is 0. The average molecular weight is 303 g/mol. The van der Waals surface area contributed by atoms with E-state index < -0.39 is 11.0 Å². The highest BCUT2D eigenvalue weighted by atomic mass is 79.9. The van der Waals surface area contributed by atoms with Crippen LogP contribution in [0.25, 0.3) is 0 Å². The summed E-state index contributed by atoms with van der Waals surface area (Å²) >= 11 is 3.34. The lowest BCUT2D eigenvalue weighted by atomic mass is 10.2. The van der Waals surface area contributed by atoms with Gasteiger partial charge >= 0.3 is 0 Å². The van der Waals surface area contributed by atoms with Gasteiger partial charge in [-0.1, -0.05) is 0 Å². The van der Waals surface area contributed by atoms with E-state index in [0.29, 0.717) is 0 Å². The van der Waals surface area contributed by atoms with E-state index in [4.69, 9.17) is 0 Å². The van der Waals surface area contributed by atoms with Crippen molar-refractivity contribution in [3.63, 3.8) is 0 Å². The predicted molar refractivity (Wildman–Crippen MR) is 72.0 cm³/mol. The molecular weight excluding hydrogens is 288 g/mol. The topological polar surface area (TPSA) is 42.3 Å². The maximum atomic E-state index is 11.8. The fourth-order valence-electron chi connectivity index (χ4n) is 0.924. The minimum atomic E-state index is -1.23. The Morgan fingerprint density at radius 2 is 2.06 bits per heavy atom. The van der Waals surface area contributed by atoms with Crippen LogP contribution >= 0.6 is 15.9 Å². The Labute approximate surface area is 107 Å². The van der Waals surface area contributed by atoms with Gasteiger partial charge < -0.3 is 0 Å². The quantitative estimate of drug-likeness (QED) is 0.788. The fraction of sp³-hybridized carbons (Fsp3) is 0.455. The Morgan fingerprint density at radius 1 is 1.44 bits per heavy atom. The standard InChI is InChI=1S/C11H15BrN2OS/c1-8(14-16(15)11(2,3)4)9-5-10(12)7-13-6-9/h5-7H,1-4H3/t16-/m0/s1. The van der Waals surface area contributed by atoms with E-state index >= 15 is 0 Å². The average Bonchev–Trinajstić information content (AvgIpc) is 2.16. The van der Waals surface area contributed by atoms with Gasteiger partial charge in [-0.3, -0.25) is 4.98 Å². The molecule has 1 rings (SSSR count). The molecule has 0 spiro atoms. The van der Waals surface area contributed by atoms with E-state index in [1.165, 1.54) is 0 Å². The van der Waals surface area contributed by atoms with Crippen LogP contribution in [0.1, 0.15) is 33.3 Å². The zero-order chi connectivity index (χ0) is 12.3. The number of hydrogen-bond acceptors (Lipinski definition) is 2. The molecule has 16 heavy (non-hydrogen) atoms. The first-order chi connectivity index (χ1) is 7.30. The Balaban J connectivity index is 2.99. The van der Waals surface area contributed by atoms with Crippen molar-refractivity contribution in [2.24, 2.45) is 4.40 Å². The lowest BCUT2D eigenvalue weighted by molar-refractivity contribution is 0.650. The monoisotopic (exact) mass is 302 g/mol. The Hall–Kier alpha value is -0.550. The Bertz CT molecular complexity index is 438. The molecule has 0 bridgehead atoms. The Morgan fingerprint density at radius 3 is 2.56 bits per heavy atom. The van der Waals surface area contributed by atoms with Crippen LogP contribution in [0.3, 0.4) is 0 Å². The zero-order valence-corrected chi connectivity index (χ0v) is 12.2. The Kier molecular flexibility index (Phi) is 4.38. The number of rotatable bonds is 2. The summed E-state index contributed by atoms with van der Waals surface area (Å²) in [5.41, 5.74) is 1.62. The summed E-state index contributed by atoms with van der Waals surface area (Å²) in [6.07, 6.45) is 3.42. The molecule has 0 radical (unpaired) electrons. The van der Waals surface area contributed by atoms with Crippen molar-refractivity contribution in [1.82, 2.24) is 4.98 Å². The van der Waals surface area contributed by atoms with Crippen LogP contribution in [0.4, 0.5) is 0 Å². The van der Waals surface area contributed by atoms with Crippen molar-refractivity contribution in [2.75, 3.05) is 0 Å². The lowest BCUT2D eigenvalue weighted by Gasteiger charge is -2.14. The molecule has 0 saturated carbocycles. The smallest absolute Gasteiger partial charge is 0.145 e. The number of aromatic nitrogens is 1. The van der Waals surface area contributed by atoms with Gasteiger partial charge in [-0.25, -0.2) is 4.21 Å². The van der Waals surface area contributed by atoms with Gasteiger partial charge in [0.25, 0.3) is 0 Å². The van der Waals surface area contributed by atoms with E-state index in [1.54, 1.807) is 12.4 Å². The number of halogens is 1. The molecule has 3 nitrogen and oxygen atoms in total. The molecule has 0 aromatic carbocycles. The summed E-state index contributed by atoms with van der Waals surface area (Å²) in [7, 11) is -1.23. The summed E-state index contributed by atoms with van der Waals surface area (Å²) in [6, 6.07) is 1.91. The zero-order valence-electron chi connectivity index (χ0n) is 9.82. The highest BCUT2D eigenvalue weighted by Gasteiger charge is 2.19. The second-order valence-electron chi connectivity index (χ2n) is 4.43. The van der Waals surface area contributed by atoms with Gasteiger partial charge in [0.05, 0.1) is 10.5 Å². The normalized spacial score (nSPS) is 14.9. The van der Waals surface area contributed by atoms with Crippen LogP contribution < -0.4 is 0 Å². The first-order valence-electron chi connectivity index (χ1n) is 4.89. The van der Waals surface area contributed by atoms with Gasteiger partial charge in [0.1, 0.15) is 11.0 Å². The van der Waals surface area contributed by atoms with Gasteiger partial charge in [-0.05, 0) is 49.7 Å². The highest BCUT2D eigenvalue weighted by Crippen LogP contribution is 2.15. The molecule has 0 saturated heterocycles. The molecule has 0 N–H and O–H groups in total. The van der Waals surface area contributed by atoms with Crippen molar-refractivity contribution >= 4 is 32.6 Å². The van der Waals surface area contributed by atoms with Crippen molar-refractivity contribution in [1.29, 1.82) is 0 Å². The van der Waals surface area contributed by atoms with Crippen LogP contribution in [-0.2, 0) is 11.0 Å². The second kappa shape index (κ2) is 5.19. The molecule has 1 aromatic heterocycles. The van der Waals surface area contributed by atoms with E-state index in [0.717, 1.165) is 15.7 Å². The summed E-state index contributed by atoms with van der Waals surface area (Å²) in [6.45, 7) is 7.55. The van der Waals surface area contributed by atoms with Gasteiger partial charge in [0.2, 0.25) is 0 Å². The van der Waals surface area contributed by atoms with E-state index in [1.807, 2.05) is 33.8 Å². The predicted octanol–water partition coefficient (Wildman–Crippen LogP) is 3.12. The lowest BCUT2D eigenvalue weighted by Crippen LogP contribution is -2.20. The molecule has 1 aromatic rings. The fourth-order valence-corrected chi connectivity index (χ4v) is 1.92. The van der Waals surface area contributed by atoms with E-state index in [-0.39, 0.29) is 4.75 Å². The molecule has 0 amide bonds. The first-order valence-corrected chi connectivity index (χ1v) is 6.79. The van der Waals surface area contributed by atoms with Crippen molar-refractivity contribution in [3.05, 3.63) is 28.5 Å². The van der Waals surface area contributed by atoms with Crippen LogP contribution in [0, 0.1) is 0 Å². The van der Waals surface area contributed by atoms with E-state index in [2.05, 4.69) is 25.3 Å². The molecule has 1 atom stereocenters. The summed E-state index contributed by atoms with van der Waals surface area (Å²) in [5.74, 6) is 0. The van der Waals surface area contributed by atoms with E-state index in [9.17, 15) is 4.21 Å². The van der Waals surface area contributed by atoms with Crippen LogP contribution in [0.2, 0.25) is 0 Å². The minimum absolute atomic E-state index is 0.333. The van der Waals surface area contributed by atoms with Gasteiger partial charge in [-0.2, -0.15) is 4.40 Å². The van der Waals surface area contributed by atoms with Gasteiger partial charge in [0, 0.05) is 22.4 Å². The van der Waals surface area contributed by atoms with Crippen LogP contribution in [-0.4, -0.2) is 19.7 Å². The molecule has 0 fully saturated rings. The maximum absolute atomic E-state index is 11.8. The third-order valence-electron chi connectivity index (χ3n) is 1.87. The molecule has 0 aliphatic heterocycles. The molecule has 5 heteroatoms. The van der Waals surface area contributed by atoms with Crippen molar-refractivity contribution in [3.8, 4) is 0 Å². The minimum Gasteiger partial charge on any atom is -0.263 e. The number of pyridine rings is 1. The van der Waals surface area contributed by atoms with Crippen molar-refractivity contribution in [2.45, 2.75) is 32.4 Å². The molecule has 0 aliphatic carbocycles. The molecular formula is C11H15BrN2OS. The third kappa shape index (κ3) is 3.79. The SMILES string of the molecule is CC(=N[S@@](=O)C(C)(C)C)c1cncc(Br)c1. The largest absolute Gasteiger partial charge is 0.263 e. The van der Waals surface area contributed by atoms with Gasteiger partial charge in [0.15, 0.2) is 0 Å². The number of hydrogen-bond donors (Lipinski definition) is 0. The second-order valence-corrected chi connectivity index (χ2v) is 7.25. The highest BCUT2D eigenvalue weighted by molar-refractivity contribution is 9.10. The summed E-state index contributed by atoms with van der Waals surface area (Å²) in [4.78, 5) is 4.05. The number of nitrogens with zero attached hydrogens (tertiary/aromatic N) is 2. The molecule has 88 valence electrons. The van der Waals surface area contributed by atoms with Gasteiger partial charge in [-0.15, -0.1) is 0 Å². The maximum Gasteiger partial charge on any atom is 0.145 e. The van der Waals surface area contributed by atoms with Crippen LogP contribution in [0.15, 0.2) is 27.3 Å². The van der Waals surface area contributed by atoms with Crippen LogP contribution in [0.5, 0.6) is 0 Å².